The molecule has 4 atom stereocenters. The van der Waals surface area contributed by atoms with Crippen LogP contribution in [0.1, 0.15) is 61.9 Å². The van der Waals surface area contributed by atoms with Gasteiger partial charge in [-0.15, -0.1) is 0 Å². The molecular formula is C26H28Cl2O3. The highest BCUT2D eigenvalue weighted by atomic mass is 35.5. The van der Waals surface area contributed by atoms with Crippen molar-refractivity contribution >= 4 is 29.0 Å². The van der Waals surface area contributed by atoms with Gasteiger partial charge in [-0.1, -0.05) is 49.9 Å². The number of phenols is 1. The van der Waals surface area contributed by atoms with Crippen LogP contribution in [0.5, 0.6) is 11.5 Å². The van der Waals surface area contributed by atoms with Crippen molar-refractivity contribution < 1.29 is 14.6 Å². The number of Topliss-reactive ketones (excluding diaryl/α,β-unsaturated/α-hetero) is 1. The van der Waals surface area contributed by atoms with E-state index in [4.69, 9.17) is 27.9 Å². The summed E-state index contributed by atoms with van der Waals surface area (Å²) >= 11 is 12.8. The normalized spacial score (nSPS) is 29.6. The van der Waals surface area contributed by atoms with Gasteiger partial charge in [-0.2, -0.15) is 0 Å². The Bertz CT molecular complexity index is 1070. The zero-order chi connectivity index (χ0) is 22.1. The van der Waals surface area contributed by atoms with Gasteiger partial charge in [-0.05, 0) is 66.2 Å². The lowest BCUT2D eigenvalue weighted by molar-refractivity contribution is 0.0434. The number of aromatic hydroxyl groups is 1. The third-order valence-corrected chi connectivity index (χ3v) is 9.07. The molecule has 0 saturated heterocycles. The highest BCUT2D eigenvalue weighted by Crippen LogP contribution is 2.57. The summed E-state index contributed by atoms with van der Waals surface area (Å²) < 4.78 is 5.34. The SMILES string of the molecule is COc1cc(Cl)c(Cl)c(-c2cc3c(cc2O)[C@]2(C)CCC(CC4CC4)[C@H](C3=O)[C@@H]2C)c1. The lowest BCUT2D eigenvalue weighted by atomic mass is 9.51. The van der Waals surface area contributed by atoms with Gasteiger partial charge in [0.05, 0.1) is 17.2 Å². The highest BCUT2D eigenvalue weighted by molar-refractivity contribution is 6.44. The van der Waals surface area contributed by atoms with Crippen molar-refractivity contribution in [1.82, 2.24) is 0 Å². The minimum Gasteiger partial charge on any atom is -0.507 e. The fourth-order valence-corrected chi connectivity index (χ4v) is 6.52. The molecule has 164 valence electrons. The third kappa shape index (κ3) is 3.27. The van der Waals surface area contributed by atoms with Crippen molar-refractivity contribution in [3.8, 4) is 22.6 Å². The van der Waals surface area contributed by atoms with E-state index in [1.807, 2.05) is 6.07 Å². The second-order valence-corrected chi connectivity index (χ2v) is 10.7. The summed E-state index contributed by atoms with van der Waals surface area (Å²) in [4.78, 5) is 13.8. The maximum Gasteiger partial charge on any atom is 0.166 e. The van der Waals surface area contributed by atoms with Crippen LogP contribution >= 0.6 is 23.2 Å². The zero-order valence-electron chi connectivity index (χ0n) is 18.2. The average molecular weight is 459 g/mol. The molecule has 0 aliphatic heterocycles. The van der Waals surface area contributed by atoms with Crippen LogP contribution in [0.15, 0.2) is 24.3 Å². The van der Waals surface area contributed by atoms with Gasteiger partial charge in [-0.25, -0.2) is 0 Å². The van der Waals surface area contributed by atoms with E-state index in [-0.39, 0.29) is 28.8 Å². The molecule has 1 unspecified atom stereocenters. The molecule has 2 saturated carbocycles. The molecule has 3 nitrogen and oxygen atoms in total. The van der Waals surface area contributed by atoms with Crippen molar-refractivity contribution in [2.45, 2.75) is 51.4 Å². The van der Waals surface area contributed by atoms with Crippen LogP contribution in [0.3, 0.4) is 0 Å². The quantitative estimate of drug-likeness (QED) is 0.522. The van der Waals surface area contributed by atoms with Crippen LogP contribution in [0, 0.1) is 23.7 Å². The molecule has 5 heteroatoms. The summed E-state index contributed by atoms with van der Waals surface area (Å²) in [5, 5.41) is 11.7. The fraction of sp³-hybridized carbons (Fsp3) is 0.500. The predicted octanol–water partition coefficient (Wildman–Crippen LogP) is 7.29. The first-order valence-corrected chi connectivity index (χ1v) is 11.9. The smallest absolute Gasteiger partial charge is 0.166 e. The van der Waals surface area contributed by atoms with E-state index in [1.165, 1.54) is 19.3 Å². The Morgan fingerprint density at radius 2 is 1.84 bits per heavy atom. The summed E-state index contributed by atoms with van der Waals surface area (Å²) in [6.07, 6.45) is 5.94. The number of halogens is 2. The Kier molecular flexibility index (Phi) is 5.06. The van der Waals surface area contributed by atoms with Crippen LogP contribution < -0.4 is 4.74 Å². The topological polar surface area (TPSA) is 46.5 Å². The molecule has 31 heavy (non-hydrogen) atoms. The van der Waals surface area contributed by atoms with Crippen molar-refractivity contribution in [2.75, 3.05) is 7.11 Å². The van der Waals surface area contributed by atoms with Gasteiger partial charge in [0.1, 0.15) is 11.5 Å². The molecule has 2 aromatic rings. The van der Waals surface area contributed by atoms with Gasteiger partial charge in [0.25, 0.3) is 0 Å². The predicted molar refractivity (Wildman–Crippen MR) is 125 cm³/mol. The van der Waals surface area contributed by atoms with Gasteiger partial charge < -0.3 is 9.84 Å². The van der Waals surface area contributed by atoms with Gasteiger partial charge in [0.2, 0.25) is 0 Å². The second kappa shape index (κ2) is 7.42. The number of ketones is 1. The Hall–Kier alpha value is -1.71. The molecule has 0 amide bonds. The van der Waals surface area contributed by atoms with Crippen molar-refractivity contribution in [2.24, 2.45) is 23.7 Å². The molecule has 2 fully saturated rings. The van der Waals surface area contributed by atoms with Crippen molar-refractivity contribution in [3.05, 3.63) is 45.4 Å². The molecule has 0 radical (unpaired) electrons. The monoisotopic (exact) mass is 458 g/mol. The van der Waals surface area contributed by atoms with Crippen molar-refractivity contribution in [1.29, 1.82) is 0 Å². The van der Waals surface area contributed by atoms with E-state index in [1.54, 1.807) is 25.3 Å². The summed E-state index contributed by atoms with van der Waals surface area (Å²) in [5.74, 6) is 2.47. The Morgan fingerprint density at radius 3 is 2.52 bits per heavy atom. The van der Waals surface area contributed by atoms with E-state index < -0.39 is 0 Å². The zero-order valence-corrected chi connectivity index (χ0v) is 19.7. The number of hydrogen-bond acceptors (Lipinski definition) is 3. The Morgan fingerprint density at radius 1 is 1.10 bits per heavy atom. The number of carbonyl (C=O) groups excluding carboxylic acids is 1. The summed E-state index contributed by atoms with van der Waals surface area (Å²) in [6.45, 7) is 4.49. The second-order valence-electron chi connectivity index (χ2n) is 9.96. The number of ether oxygens (including phenoxy) is 1. The first-order valence-electron chi connectivity index (χ1n) is 11.2. The average Bonchev–Trinajstić information content (AvgIpc) is 3.56. The van der Waals surface area contributed by atoms with Crippen LogP contribution in [0.4, 0.5) is 0 Å². The number of rotatable bonds is 4. The van der Waals surface area contributed by atoms with Gasteiger partial charge in [-0.3, -0.25) is 4.79 Å². The van der Waals surface area contributed by atoms with E-state index in [9.17, 15) is 9.90 Å². The van der Waals surface area contributed by atoms with E-state index in [0.29, 0.717) is 32.8 Å². The molecule has 3 aliphatic rings. The maximum atomic E-state index is 13.8. The lowest BCUT2D eigenvalue weighted by Gasteiger charge is -2.52. The van der Waals surface area contributed by atoms with Gasteiger partial charge >= 0.3 is 0 Å². The Balaban J connectivity index is 1.65. The molecule has 0 spiro atoms. The number of carbonyl (C=O) groups is 1. The molecule has 5 rings (SSSR count). The number of fused-ring (bicyclic) bond motifs is 4. The molecule has 2 aromatic carbocycles. The first-order chi connectivity index (χ1) is 14.7. The minimum atomic E-state index is -0.111. The van der Waals surface area contributed by atoms with Gasteiger partial charge in [0.15, 0.2) is 5.78 Å². The van der Waals surface area contributed by atoms with Crippen LogP contribution in [-0.2, 0) is 5.41 Å². The largest absolute Gasteiger partial charge is 0.507 e. The molecule has 2 bridgehead atoms. The van der Waals surface area contributed by atoms with Gasteiger partial charge in [0, 0.05) is 28.7 Å². The molecule has 1 N–H and O–H groups in total. The van der Waals surface area contributed by atoms with Crippen LogP contribution in [-0.4, -0.2) is 18.0 Å². The molecule has 3 aliphatic carbocycles. The first kappa shape index (κ1) is 21.2. The molecule has 0 heterocycles. The fourth-order valence-electron chi connectivity index (χ4n) is 6.10. The lowest BCUT2D eigenvalue weighted by Crippen LogP contribution is -2.51. The standard InChI is InChI=1S/C26H28Cl2O3/c1-13-23-15(8-14-4-5-14)6-7-26(13,2)20-12-22(29)17(11-19(20)25(23)30)18-9-16(31-3)10-21(27)24(18)28/h9-15,23,29H,4-8H2,1-3H3/t13-,15?,23+,26+/m0/s1. The highest BCUT2D eigenvalue weighted by Gasteiger charge is 2.53. The number of benzene rings is 2. The van der Waals surface area contributed by atoms with Crippen molar-refractivity contribution in [3.63, 3.8) is 0 Å². The number of methoxy groups -OCH3 is 1. The van der Waals surface area contributed by atoms with Crippen LogP contribution in [0.2, 0.25) is 10.0 Å². The minimum absolute atomic E-state index is 0.0496. The van der Waals surface area contributed by atoms with E-state index in [0.717, 1.165) is 29.9 Å². The van der Waals surface area contributed by atoms with E-state index in [2.05, 4.69) is 13.8 Å². The van der Waals surface area contributed by atoms with E-state index >= 15 is 0 Å². The molecule has 0 aromatic heterocycles. The number of phenolic OH excluding ortho intramolecular Hbond substituents is 1. The third-order valence-electron chi connectivity index (χ3n) is 8.27. The number of hydrogen-bond donors (Lipinski definition) is 1. The summed E-state index contributed by atoms with van der Waals surface area (Å²) in [5.41, 5.74) is 2.68. The Labute approximate surface area is 193 Å². The summed E-state index contributed by atoms with van der Waals surface area (Å²) in [7, 11) is 1.56. The van der Waals surface area contributed by atoms with Crippen LogP contribution in [0.25, 0.3) is 11.1 Å². The molecular weight excluding hydrogens is 431 g/mol. The summed E-state index contributed by atoms with van der Waals surface area (Å²) in [6, 6.07) is 7.02. The maximum absolute atomic E-state index is 13.8.